The fourth-order valence-corrected chi connectivity index (χ4v) is 6.71. The van der Waals surface area contributed by atoms with Gasteiger partial charge in [0.25, 0.3) is 5.56 Å². The first kappa shape index (κ1) is 17.3. The highest BCUT2D eigenvalue weighted by molar-refractivity contribution is 5.83. The lowest BCUT2D eigenvalue weighted by Gasteiger charge is -2.56. The Morgan fingerprint density at radius 1 is 1.11 bits per heavy atom. The van der Waals surface area contributed by atoms with Gasteiger partial charge >= 0.3 is 0 Å². The number of carbonyl (C=O) groups is 1. The van der Waals surface area contributed by atoms with Gasteiger partial charge in [0.2, 0.25) is 5.91 Å². The van der Waals surface area contributed by atoms with Crippen molar-refractivity contribution in [2.45, 2.75) is 58.0 Å². The lowest BCUT2D eigenvalue weighted by atomic mass is 9.49. The van der Waals surface area contributed by atoms with E-state index in [1.807, 2.05) is 13.0 Å². The van der Waals surface area contributed by atoms with Gasteiger partial charge in [-0.05, 0) is 69.3 Å². The maximum Gasteiger partial charge on any atom is 0.254 e. The zero-order valence-electron chi connectivity index (χ0n) is 16.4. The van der Waals surface area contributed by atoms with Crippen LogP contribution in [0.3, 0.4) is 0 Å². The predicted molar refractivity (Wildman–Crippen MR) is 103 cm³/mol. The topological polar surface area (TPSA) is 51.5 Å². The minimum atomic E-state index is -0.0666. The molecule has 0 spiro atoms. The molecule has 1 unspecified atom stereocenters. The Balaban J connectivity index is 1.27. The Hall–Kier alpha value is -1.78. The molecule has 5 heteroatoms. The number of hydrogen-bond acceptors (Lipinski definition) is 3. The molecule has 0 aromatic carbocycles. The van der Waals surface area contributed by atoms with Crippen LogP contribution in [0.2, 0.25) is 0 Å². The van der Waals surface area contributed by atoms with Crippen molar-refractivity contribution in [3.8, 4) is 5.75 Å². The number of amides is 1. The second-order valence-electron chi connectivity index (χ2n) is 9.71. The van der Waals surface area contributed by atoms with E-state index in [1.54, 1.807) is 17.7 Å². The van der Waals surface area contributed by atoms with Crippen LogP contribution in [0.25, 0.3) is 0 Å². The lowest BCUT2D eigenvalue weighted by Crippen LogP contribution is -2.54. The molecule has 2 heterocycles. The van der Waals surface area contributed by atoms with Gasteiger partial charge in [-0.25, -0.2) is 0 Å². The summed E-state index contributed by atoms with van der Waals surface area (Å²) in [6.07, 6.45) is 8.29. The van der Waals surface area contributed by atoms with Crippen LogP contribution in [0.4, 0.5) is 0 Å². The number of aromatic nitrogens is 1. The van der Waals surface area contributed by atoms with Gasteiger partial charge in [0.15, 0.2) is 0 Å². The monoisotopic (exact) mass is 370 g/mol. The SMILES string of the molecule is Cc1cc(OC2CCN(C(=O)C34CC5CC(CC(C5)C3)C4)C2)cc(=O)n1C. The Morgan fingerprint density at radius 3 is 2.33 bits per heavy atom. The summed E-state index contributed by atoms with van der Waals surface area (Å²) in [4.78, 5) is 27.5. The van der Waals surface area contributed by atoms with Gasteiger partial charge in [-0.15, -0.1) is 0 Å². The molecule has 0 N–H and O–H groups in total. The third-order valence-corrected chi connectivity index (χ3v) is 7.70. The summed E-state index contributed by atoms with van der Waals surface area (Å²) in [7, 11) is 1.77. The first-order valence-electron chi connectivity index (χ1n) is 10.6. The second-order valence-corrected chi connectivity index (χ2v) is 9.71. The molecule has 146 valence electrons. The summed E-state index contributed by atoms with van der Waals surface area (Å²) in [6, 6.07) is 3.46. The van der Waals surface area contributed by atoms with E-state index in [0.717, 1.165) is 55.7 Å². The average Bonchev–Trinajstić information content (AvgIpc) is 3.06. The fourth-order valence-electron chi connectivity index (χ4n) is 6.71. The standard InChI is InChI=1S/C22H30N2O3/c1-14-5-19(9-20(25)23(14)2)27-18-3-4-24(13-18)21(26)22-10-15-6-16(11-22)8-17(7-15)12-22/h5,9,15-18H,3-4,6-8,10-13H2,1-2H3. The second kappa shape index (κ2) is 6.11. The molecule has 4 saturated carbocycles. The number of hydrogen-bond donors (Lipinski definition) is 0. The molecule has 1 atom stereocenters. The van der Waals surface area contributed by atoms with Crippen molar-refractivity contribution < 1.29 is 9.53 Å². The van der Waals surface area contributed by atoms with E-state index in [-0.39, 0.29) is 17.1 Å². The average molecular weight is 370 g/mol. The fraction of sp³-hybridized carbons (Fsp3) is 0.727. The number of pyridine rings is 1. The summed E-state index contributed by atoms with van der Waals surface area (Å²) in [5, 5.41) is 0. The molecular weight excluding hydrogens is 340 g/mol. The van der Waals surface area contributed by atoms with E-state index >= 15 is 0 Å². The van der Waals surface area contributed by atoms with E-state index in [4.69, 9.17) is 4.74 Å². The highest BCUT2D eigenvalue weighted by Gasteiger charge is 2.56. The molecular formula is C22H30N2O3. The molecule has 5 fully saturated rings. The van der Waals surface area contributed by atoms with E-state index < -0.39 is 0 Å². The number of aryl methyl sites for hydroxylation is 1. The summed E-state index contributed by atoms with van der Waals surface area (Å²) < 4.78 is 7.70. The number of likely N-dealkylation sites (tertiary alicyclic amines) is 1. The first-order chi connectivity index (χ1) is 12.9. The van der Waals surface area contributed by atoms with Gasteiger partial charge in [0.05, 0.1) is 12.0 Å². The number of ether oxygens (including phenoxy) is 1. The molecule has 1 amide bonds. The van der Waals surface area contributed by atoms with Crippen molar-refractivity contribution >= 4 is 5.91 Å². The van der Waals surface area contributed by atoms with Crippen molar-refractivity contribution in [2.24, 2.45) is 30.2 Å². The normalized spacial score (nSPS) is 37.0. The third-order valence-electron chi connectivity index (χ3n) is 7.70. The zero-order chi connectivity index (χ0) is 18.8. The van der Waals surface area contributed by atoms with Gasteiger partial charge in [-0.3, -0.25) is 9.59 Å². The van der Waals surface area contributed by atoms with Crippen LogP contribution in [-0.4, -0.2) is 34.6 Å². The van der Waals surface area contributed by atoms with Gasteiger partial charge in [0.1, 0.15) is 11.9 Å². The van der Waals surface area contributed by atoms with Crippen molar-refractivity contribution in [3.05, 3.63) is 28.2 Å². The van der Waals surface area contributed by atoms with Crippen LogP contribution in [0.15, 0.2) is 16.9 Å². The van der Waals surface area contributed by atoms with Crippen molar-refractivity contribution in [1.82, 2.24) is 9.47 Å². The maximum atomic E-state index is 13.5. The molecule has 5 aliphatic rings. The van der Waals surface area contributed by atoms with Crippen LogP contribution in [-0.2, 0) is 11.8 Å². The molecule has 0 radical (unpaired) electrons. The van der Waals surface area contributed by atoms with Gasteiger partial charge < -0.3 is 14.2 Å². The molecule has 1 aromatic heterocycles. The van der Waals surface area contributed by atoms with Crippen molar-refractivity contribution in [2.75, 3.05) is 13.1 Å². The van der Waals surface area contributed by atoms with Crippen LogP contribution < -0.4 is 10.3 Å². The minimum absolute atomic E-state index is 0.00521. The summed E-state index contributed by atoms with van der Waals surface area (Å²) in [5.74, 6) is 3.40. The van der Waals surface area contributed by atoms with Gasteiger partial charge in [-0.2, -0.15) is 0 Å². The Labute approximate surface area is 160 Å². The molecule has 1 aromatic rings. The quantitative estimate of drug-likeness (QED) is 0.822. The Kier molecular flexibility index (Phi) is 3.92. The number of nitrogens with zero attached hydrogens (tertiary/aromatic N) is 2. The van der Waals surface area contributed by atoms with E-state index in [0.29, 0.717) is 18.2 Å². The Bertz CT molecular complexity index is 792. The smallest absolute Gasteiger partial charge is 0.254 e. The molecule has 1 saturated heterocycles. The van der Waals surface area contributed by atoms with Crippen molar-refractivity contribution in [1.29, 1.82) is 0 Å². The highest BCUT2D eigenvalue weighted by atomic mass is 16.5. The first-order valence-corrected chi connectivity index (χ1v) is 10.6. The van der Waals surface area contributed by atoms with Crippen LogP contribution >= 0.6 is 0 Å². The minimum Gasteiger partial charge on any atom is -0.488 e. The largest absolute Gasteiger partial charge is 0.488 e. The highest BCUT2D eigenvalue weighted by Crippen LogP contribution is 2.60. The molecule has 4 aliphatic carbocycles. The Morgan fingerprint density at radius 2 is 1.74 bits per heavy atom. The van der Waals surface area contributed by atoms with E-state index in [1.165, 1.54) is 19.3 Å². The van der Waals surface area contributed by atoms with Crippen molar-refractivity contribution in [3.63, 3.8) is 0 Å². The summed E-state index contributed by atoms with van der Waals surface area (Å²) >= 11 is 0. The predicted octanol–water partition coefficient (Wildman–Crippen LogP) is 2.89. The molecule has 4 bridgehead atoms. The lowest BCUT2D eigenvalue weighted by molar-refractivity contribution is -0.156. The summed E-state index contributed by atoms with van der Waals surface area (Å²) in [5.41, 5.74) is 0.768. The number of carbonyl (C=O) groups excluding carboxylic acids is 1. The summed E-state index contributed by atoms with van der Waals surface area (Å²) in [6.45, 7) is 3.36. The van der Waals surface area contributed by atoms with E-state index in [2.05, 4.69) is 4.90 Å². The van der Waals surface area contributed by atoms with Crippen LogP contribution in [0, 0.1) is 30.1 Å². The molecule has 5 nitrogen and oxygen atoms in total. The van der Waals surface area contributed by atoms with Crippen LogP contribution in [0.5, 0.6) is 5.75 Å². The molecule has 1 aliphatic heterocycles. The maximum absolute atomic E-state index is 13.5. The molecule has 6 rings (SSSR count). The zero-order valence-corrected chi connectivity index (χ0v) is 16.4. The third kappa shape index (κ3) is 2.90. The molecule has 27 heavy (non-hydrogen) atoms. The number of rotatable bonds is 3. The van der Waals surface area contributed by atoms with Gasteiger partial charge in [0, 0.05) is 31.8 Å². The van der Waals surface area contributed by atoms with E-state index in [9.17, 15) is 9.59 Å². The van der Waals surface area contributed by atoms with Gasteiger partial charge in [-0.1, -0.05) is 0 Å². The van der Waals surface area contributed by atoms with Crippen LogP contribution in [0.1, 0.15) is 50.6 Å².